The van der Waals surface area contributed by atoms with Crippen molar-refractivity contribution in [1.82, 2.24) is 40.4 Å². The molecule has 2 aliphatic rings. The predicted octanol–water partition coefficient (Wildman–Crippen LogP) is 5.83. The van der Waals surface area contributed by atoms with Crippen LogP contribution < -0.4 is 10.6 Å². The molecule has 6 rings (SSSR count). The Balaban J connectivity index is 1.20. The van der Waals surface area contributed by atoms with Gasteiger partial charge in [0.2, 0.25) is 11.8 Å². The molecule has 50 heavy (non-hydrogen) atoms. The molecule has 0 aromatic carbocycles. The van der Waals surface area contributed by atoms with Crippen LogP contribution in [-0.2, 0) is 19.1 Å². The minimum Gasteiger partial charge on any atom is -0.453 e. The van der Waals surface area contributed by atoms with Crippen LogP contribution in [0.4, 0.5) is 9.59 Å². The van der Waals surface area contributed by atoms with E-state index in [4.69, 9.17) is 19.4 Å². The molecular formula is C34H44N8O6S2. The Bertz CT molecular complexity index is 1730. The number of carbonyl (C=O) groups excluding carboxylic acids is 4. The molecule has 4 atom stereocenters. The Morgan fingerprint density at radius 1 is 0.740 bits per heavy atom. The summed E-state index contributed by atoms with van der Waals surface area (Å²) in [6, 6.07) is -1.83. The van der Waals surface area contributed by atoms with Gasteiger partial charge in [-0.25, -0.2) is 19.6 Å². The highest BCUT2D eigenvalue weighted by Gasteiger charge is 2.39. The number of likely N-dealkylation sites (tertiary alicyclic amines) is 2. The molecule has 0 aliphatic carbocycles. The van der Waals surface area contributed by atoms with E-state index in [-0.39, 0.29) is 35.7 Å². The van der Waals surface area contributed by atoms with Crippen molar-refractivity contribution in [2.24, 2.45) is 11.8 Å². The maximum atomic E-state index is 13.6. The molecule has 4 N–H and O–H groups in total. The summed E-state index contributed by atoms with van der Waals surface area (Å²) < 4.78 is 11.7. The van der Waals surface area contributed by atoms with Gasteiger partial charge in [-0.05, 0) is 37.5 Å². The first kappa shape index (κ1) is 35.4. The number of thiophene rings is 2. The van der Waals surface area contributed by atoms with Crippen molar-refractivity contribution >= 4 is 56.1 Å². The number of methoxy groups -OCH3 is 2. The van der Waals surface area contributed by atoms with E-state index in [1.54, 1.807) is 22.7 Å². The molecule has 16 heteroatoms. The zero-order chi connectivity index (χ0) is 35.7. The van der Waals surface area contributed by atoms with Gasteiger partial charge in [-0.3, -0.25) is 9.59 Å². The summed E-state index contributed by atoms with van der Waals surface area (Å²) >= 11 is 3.28. The van der Waals surface area contributed by atoms with Gasteiger partial charge in [-0.15, -0.1) is 22.7 Å². The third-order valence-electron chi connectivity index (χ3n) is 9.54. The number of alkyl carbamates (subject to hydrolysis) is 2. The fourth-order valence-corrected chi connectivity index (χ4v) is 9.29. The Hall–Kier alpha value is -4.44. The number of hydrogen-bond acceptors (Lipinski definition) is 10. The first-order valence-electron chi connectivity index (χ1n) is 16.9. The van der Waals surface area contributed by atoms with Gasteiger partial charge in [0.25, 0.3) is 0 Å². The fourth-order valence-electron chi connectivity index (χ4n) is 6.86. The number of fused-ring (bicyclic) bond motifs is 1. The van der Waals surface area contributed by atoms with Crippen molar-refractivity contribution in [2.75, 3.05) is 27.3 Å². The van der Waals surface area contributed by atoms with Crippen LogP contribution in [0.1, 0.15) is 77.1 Å². The minimum absolute atomic E-state index is 0.111. The van der Waals surface area contributed by atoms with E-state index >= 15 is 0 Å². The van der Waals surface area contributed by atoms with Crippen LogP contribution >= 0.6 is 22.7 Å². The van der Waals surface area contributed by atoms with Crippen molar-refractivity contribution in [2.45, 2.75) is 77.5 Å². The molecule has 2 saturated heterocycles. The number of imidazole rings is 2. The van der Waals surface area contributed by atoms with Gasteiger partial charge in [0.15, 0.2) is 0 Å². The molecule has 0 spiro atoms. The van der Waals surface area contributed by atoms with E-state index < -0.39 is 24.3 Å². The van der Waals surface area contributed by atoms with Crippen LogP contribution in [0, 0.1) is 11.8 Å². The zero-order valence-corrected chi connectivity index (χ0v) is 30.7. The molecule has 268 valence electrons. The summed E-state index contributed by atoms with van der Waals surface area (Å²) in [6.45, 7) is 8.77. The molecule has 2 fully saturated rings. The summed E-state index contributed by atoms with van der Waals surface area (Å²) in [5, 5.41) is 9.62. The van der Waals surface area contributed by atoms with Crippen LogP contribution in [0.2, 0.25) is 0 Å². The Morgan fingerprint density at radius 3 is 1.50 bits per heavy atom. The highest BCUT2D eigenvalue weighted by atomic mass is 32.1. The van der Waals surface area contributed by atoms with E-state index in [0.29, 0.717) is 13.1 Å². The third-order valence-corrected chi connectivity index (χ3v) is 11.7. The van der Waals surface area contributed by atoms with Crippen LogP contribution in [0.25, 0.3) is 31.9 Å². The highest BCUT2D eigenvalue weighted by Crippen LogP contribution is 2.44. The summed E-state index contributed by atoms with van der Waals surface area (Å²) in [6.07, 6.45) is 5.62. The second kappa shape index (κ2) is 14.8. The number of carbonyl (C=O) groups is 4. The first-order chi connectivity index (χ1) is 24.0. The van der Waals surface area contributed by atoms with E-state index in [2.05, 4.69) is 31.4 Å². The van der Waals surface area contributed by atoms with Gasteiger partial charge in [0.05, 0.1) is 59.5 Å². The Morgan fingerprint density at radius 2 is 1.14 bits per heavy atom. The van der Waals surface area contributed by atoms with Gasteiger partial charge in [0.1, 0.15) is 23.7 Å². The molecule has 4 amide bonds. The molecule has 4 aromatic rings. The quantitative estimate of drug-likeness (QED) is 0.158. The van der Waals surface area contributed by atoms with E-state index in [9.17, 15) is 19.2 Å². The smallest absolute Gasteiger partial charge is 0.407 e. The lowest BCUT2D eigenvalue weighted by atomic mass is 10.0. The lowest BCUT2D eigenvalue weighted by Gasteiger charge is -2.30. The van der Waals surface area contributed by atoms with Gasteiger partial charge >= 0.3 is 12.2 Å². The summed E-state index contributed by atoms with van der Waals surface area (Å²) in [4.78, 5) is 71.1. The fraction of sp³-hybridized carbons (Fsp3) is 0.529. The topological polar surface area (TPSA) is 175 Å². The largest absolute Gasteiger partial charge is 0.453 e. The molecular weight excluding hydrogens is 681 g/mol. The van der Waals surface area contributed by atoms with Crippen LogP contribution in [0.3, 0.4) is 0 Å². The number of rotatable bonds is 10. The van der Waals surface area contributed by atoms with E-state index in [1.165, 1.54) is 14.2 Å². The molecule has 0 unspecified atom stereocenters. The number of amides is 4. The monoisotopic (exact) mass is 724 g/mol. The highest BCUT2D eigenvalue weighted by molar-refractivity contribution is 7.27. The number of nitrogens with one attached hydrogen (secondary N) is 4. The number of aromatic nitrogens is 4. The number of ether oxygens (including phenoxy) is 2. The van der Waals surface area contributed by atoms with Crippen LogP contribution in [-0.4, -0.2) is 93.1 Å². The lowest BCUT2D eigenvalue weighted by Crippen LogP contribution is -2.51. The summed E-state index contributed by atoms with van der Waals surface area (Å²) in [5.74, 6) is 0.929. The standard InChI is InChI=1S/C34H44N8O6S2/c1-17(2)25(39-33(45)47-5)31(43)41-11-7-9-23(41)29-35-13-21(37-29)19-15-49-28-20(16-50-27(19)28)22-14-36-30(38-22)24-10-8-12-42(24)32(44)26(18(3)4)40-34(46)48-6/h13-18,23-26H,7-12H2,1-6H3,(H,35,37)(H,36,38)(H,39,45)(H,40,46)/t23-,24-,25-,26-/m0/s1. The predicted molar refractivity (Wildman–Crippen MR) is 191 cm³/mol. The lowest BCUT2D eigenvalue weighted by molar-refractivity contribution is -0.136. The molecule has 6 heterocycles. The van der Waals surface area contributed by atoms with Crippen molar-refractivity contribution in [1.29, 1.82) is 0 Å². The normalized spacial score (nSPS) is 19.0. The second-order valence-corrected chi connectivity index (χ2v) is 15.2. The van der Waals surface area contributed by atoms with Crippen molar-refractivity contribution in [3.63, 3.8) is 0 Å². The van der Waals surface area contributed by atoms with Crippen molar-refractivity contribution in [3.8, 4) is 22.5 Å². The SMILES string of the molecule is COC(=O)N[C@H](C(=O)N1CCC[C@H]1c1ncc(-c2csc3c(-c4cnc([C@@H]5CCCN5C(=O)[C@@H](NC(=O)OC)C(C)C)[nH]4)csc23)[nH]1)C(C)C. The van der Waals surface area contributed by atoms with Gasteiger partial charge in [-0.1, -0.05) is 27.7 Å². The number of nitrogens with zero attached hydrogens (tertiary/aromatic N) is 4. The van der Waals surface area contributed by atoms with Crippen LogP contribution in [0.15, 0.2) is 23.2 Å². The van der Waals surface area contributed by atoms with Crippen LogP contribution in [0.5, 0.6) is 0 Å². The average Bonchev–Trinajstić information content (AvgIpc) is 3.94. The summed E-state index contributed by atoms with van der Waals surface area (Å²) in [7, 11) is 2.57. The molecule has 0 radical (unpaired) electrons. The molecule has 2 aliphatic heterocycles. The van der Waals surface area contributed by atoms with Crippen molar-refractivity contribution in [3.05, 3.63) is 34.8 Å². The van der Waals surface area contributed by atoms with E-state index in [1.807, 2.05) is 49.9 Å². The first-order valence-corrected chi connectivity index (χ1v) is 18.7. The number of aromatic amines is 2. The Labute approximate surface area is 298 Å². The number of H-pyrrole nitrogens is 2. The van der Waals surface area contributed by atoms with E-state index in [0.717, 1.165) is 69.2 Å². The summed E-state index contributed by atoms with van der Waals surface area (Å²) in [5.41, 5.74) is 3.82. The maximum Gasteiger partial charge on any atom is 0.407 e. The third kappa shape index (κ3) is 6.82. The number of hydrogen-bond donors (Lipinski definition) is 4. The molecule has 0 saturated carbocycles. The average molecular weight is 725 g/mol. The Kier molecular flexibility index (Phi) is 10.5. The van der Waals surface area contributed by atoms with Gasteiger partial charge in [0, 0.05) is 35.0 Å². The molecule has 4 aromatic heterocycles. The second-order valence-electron chi connectivity index (χ2n) is 13.4. The van der Waals surface area contributed by atoms with Gasteiger partial charge < -0.3 is 39.9 Å². The maximum absolute atomic E-state index is 13.6. The molecule has 14 nitrogen and oxygen atoms in total. The van der Waals surface area contributed by atoms with Crippen molar-refractivity contribution < 1.29 is 28.7 Å². The minimum atomic E-state index is -0.695. The van der Waals surface area contributed by atoms with Gasteiger partial charge in [-0.2, -0.15) is 0 Å². The molecule has 0 bridgehead atoms. The zero-order valence-electron chi connectivity index (χ0n) is 29.1.